The number of nitrogens with zero attached hydrogens (tertiary/aromatic N) is 1. The van der Waals surface area contributed by atoms with Gasteiger partial charge in [-0.1, -0.05) is 23.7 Å². The van der Waals surface area contributed by atoms with Gasteiger partial charge in [-0.15, -0.1) is 0 Å². The molecule has 3 nitrogen and oxygen atoms in total. The average Bonchev–Trinajstić information content (AvgIpc) is 2.86. The van der Waals surface area contributed by atoms with Crippen LogP contribution in [0.4, 0.5) is 0 Å². The maximum atomic E-state index is 12.0. The van der Waals surface area contributed by atoms with Crippen molar-refractivity contribution in [2.45, 2.75) is 19.4 Å². The Hall–Kier alpha value is -1.32. The van der Waals surface area contributed by atoms with Gasteiger partial charge in [-0.3, -0.25) is 4.79 Å². The van der Waals surface area contributed by atoms with Gasteiger partial charge in [-0.2, -0.15) is 0 Å². The van der Waals surface area contributed by atoms with E-state index in [-0.39, 0.29) is 17.9 Å². The van der Waals surface area contributed by atoms with Crippen molar-refractivity contribution >= 4 is 23.6 Å². The number of benzene rings is 1. The van der Waals surface area contributed by atoms with E-state index in [2.05, 4.69) is 0 Å². The van der Waals surface area contributed by atoms with Gasteiger partial charge in [0.15, 0.2) is 0 Å². The summed E-state index contributed by atoms with van der Waals surface area (Å²) in [6.45, 7) is 3.13. The molecular weight excluding hydrogens is 262 g/mol. The first-order valence-corrected chi connectivity index (χ1v) is 6.84. The average molecular weight is 280 g/mol. The summed E-state index contributed by atoms with van der Waals surface area (Å²) < 4.78 is 0. The molecule has 0 spiro atoms. The predicted octanol–water partition coefficient (Wildman–Crippen LogP) is 2.58. The molecular formula is C15H18ClNO2. The van der Waals surface area contributed by atoms with Crippen molar-refractivity contribution in [3.63, 3.8) is 0 Å². The molecule has 2 unspecified atom stereocenters. The third-order valence-electron chi connectivity index (χ3n) is 3.49. The minimum absolute atomic E-state index is 0.0110. The van der Waals surface area contributed by atoms with Crippen LogP contribution >= 0.6 is 11.6 Å². The molecule has 0 radical (unpaired) electrons. The Kier molecular flexibility index (Phi) is 4.61. The molecule has 1 saturated heterocycles. The number of carbonyl (C=O) groups excluding carboxylic acids is 1. The Bertz CT molecular complexity index is 485. The Morgan fingerprint density at radius 2 is 2.37 bits per heavy atom. The van der Waals surface area contributed by atoms with E-state index in [4.69, 9.17) is 11.6 Å². The summed E-state index contributed by atoms with van der Waals surface area (Å²) in [5.41, 5.74) is 0.909. The highest BCUT2D eigenvalue weighted by atomic mass is 35.5. The summed E-state index contributed by atoms with van der Waals surface area (Å²) in [5, 5.41) is 10.2. The van der Waals surface area contributed by atoms with Crippen LogP contribution in [0.3, 0.4) is 0 Å². The van der Waals surface area contributed by atoms with Crippen LogP contribution in [0.2, 0.25) is 5.02 Å². The van der Waals surface area contributed by atoms with Crippen LogP contribution in [0.25, 0.3) is 6.08 Å². The zero-order chi connectivity index (χ0) is 13.8. The van der Waals surface area contributed by atoms with Crippen molar-refractivity contribution in [2.24, 2.45) is 5.92 Å². The van der Waals surface area contributed by atoms with Gasteiger partial charge >= 0.3 is 0 Å². The molecule has 4 heteroatoms. The maximum absolute atomic E-state index is 12.0. The molecule has 0 aliphatic carbocycles. The quantitative estimate of drug-likeness (QED) is 0.864. The minimum Gasteiger partial charge on any atom is -0.393 e. The lowest BCUT2D eigenvalue weighted by Gasteiger charge is -2.15. The number of amides is 1. The van der Waals surface area contributed by atoms with Gasteiger partial charge in [0.2, 0.25) is 5.91 Å². The second kappa shape index (κ2) is 6.22. The Labute approximate surface area is 118 Å². The first kappa shape index (κ1) is 14.1. The Balaban J connectivity index is 1.95. The molecule has 2 atom stereocenters. The summed E-state index contributed by atoms with van der Waals surface area (Å²) in [4.78, 5) is 13.8. The second-order valence-corrected chi connectivity index (χ2v) is 5.40. The Morgan fingerprint density at radius 3 is 3.00 bits per heavy atom. The van der Waals surface area contributed by atoms with Gasteiger partial charge in [-0.25, -0.2) is 0 Å². The van der Waals surface area contributed by atoms with E-state index >= 15 is 0 Å². The number of carbonyl (C=O) groups is 1. The fourth-order valence-corrected chi connectivity index (χ4v) is 2.46. The number of hydrogen-bond donors (Lipinski definition) is 1. The molecule has 1 heterocycles. The van der Waals surface area contributed by atoms with Gasteiger partial charge in [0.05, 0.1) is 6.10 Å². The van der Waals surface area contributed by atoms with Gasteiger partial charge < -0.3 is 10.0 Å². The van der Waals surface area contributed by atoms with Crippen molar-refractivity contribution in [1.82, 2.24) is 4.90 Å². The molecule has 1 fully saturated rings. The molecule has 1 aromatic rings. The summed E-state index contributed by atoms with van der Waals surface area (Å²) >= 11 is 5.88. The van der Waals surface area contributed by atoms with Gasteiger partial charge in [0.1, 0.15) is 0 Å². The topological polar surface area (TPSA) is 40.5 Å². The van der Waals surface area contributed by atoms with Crippen molar-refractivity contribution in [2.75, 3.05) is 13.1 Å². The minimum atomic E-state index is -0.352. The van der Waals surface area contributed by atoms with Crippen LogP contribution in [0, 0.1) is 5.92 Å². The number of rotatable bonds is 3. The number of aliphatic hydroxyl groups is 1. The highest BCUT2D eigenvalue weighted by Gasteiger charge is 2.27. The lowest BCUT2D eigenvalue weighted by Crippen LogP contribution is -2.28. The normalized spacial score (nSPS) is 21.0. The monoisotopic (exact) mass is 279 g/mol. The smallest absolute Gasteiger partial charge is 0.246 e. The zero-order valence-electron chi connectivity index (χ0n) is 10.9. The van der Waals surface area contributed by atoms with Crippen LogP contribution in [-0.2, 0) is 4.79 Å². The number of halogens is 1. The van der Waals surface area contributed by atoms with Crippen molar-refractivity contribution in [3.05, 3.63) is 40.9 Å². The van der Waals surface area contributed by atoms with Crippen molar-refractivity contribution in [3.8, 4) is 0 Å². The van der Waals surface area contributed by atoms with Crippen LogP contribution < -0.4 is 0 Å². The largest absolute Gasteiger partial charge is 0.393 e. The van der Waals surface area contributed by atoms with Crippen molar-refractivity contribution < 1.29 is 9.90 Å². The van der Waals surface area contributed by atoms with Crippen LogP contribution in [-0.4, -0.2) is 35.1 Å². The molecule has 0 bridgehead atoms. The molecule has 1 aliphatic rings. The SMILES string of the molecule is CC(O)C1CCN(C(=O)/C=C/c2cccc(Cl)c2)C1. The highest BCUT2D eigenvalue weighted by molar-refractivity contribution is 6.30. The first-order chi connectivity index (χ1) is 9.06. The van der Waals surface area contributed by atoms with Gasteiger partial charge in [0, 0.05) is 30.1 Å². The van der Waals surface area contributed by atoms with Crippen LogP contribution in [0.15, 0.2) is 30.3 Å². The summed E-state index contributed by atoms with van der Waals surface area (Å²) in [5.74, 6) is 0.187. The standard InChI is InChI=1S/C15H18ClNO2/c1-11(18)13-7-8-17(10-13)15(19)6-5-12-3-2-4-14(16)9-12/h2-6,9,11,13,18H,7-8,10H2,1H3/b6-5+. The molecule has 2 rings (SSSR count). The highest BCUT2D eigenvalue weighted by Crippen LogP contribution is 2.20. The first-order valence-electron chi connectivity index (χ1n) is 6.47. The number of likely N-dealkylation sites (tertiary alicyclic amines) is 1. The third kappa shape index (κ3) is 3.82. The molecule has 0 aromatic heterocycles. The molecule has 19 heavy (non-hydrogen) atoms. The predicted molar refractivity (Wildman–Crippen MR) is 76.9 cm³/mol. The fourth-order valence-electron chi connectivity index (χ4n) is 2.26. The molecule has 1 aliphatic heterocycles. The lowest BCUT2D eigenvalue weighted by atomic mass is 10.0. The summed E-state index contributed by atoms with van der Waals surface area (Å²) in [6, 6.07) is 7.37. The van der Waals surface area contributed by atoms with E-state index in [0.717, 1.165) is 12.0 Å². The zero-order valence-corrected chi connectivity index (χ0v) is 11.7. The molecule has 1 N–H and O–H groups in total. The van der Waals surface area contributed by atoms with Gasteiger partial charge in [-0.05, 0) is 37.1 Å². The van der Waals surface area contributed by atoms with Gasteiger partial charge in [0.25, 0.3) is 0 Å². The third-order valence-corrected chi connectivity index (χ3v) is 3.72. The molecule has 1 amide bonds. The fraction of sp³-hybridized carbons (Fsp3) is 0.400. The molecule has 1 aromatic carbocycles. The van der Waals surface area contributed by atoms with Crippen LogP contribution in [0.5, 0.6) is 0 Å². The lowest BCUT2D eigenvalue weighted by molar-refractivity contribution is -0.125. The molecule has 102 valence electrons. The second-order valence-electron chi connectivity index (χ2n) is 4.96. The summed E-state index contributed by atoms with van der Waals surface area (Å²) in [6.07, 6.45) is 3.85. The van der Waals surface area contributed by atoms with Crippen molar-refractivity contribution in [1.29, 1.82) is 0 Å². The van der Waals surface area contributed by atoms with E-state index < -0.39 is 0 Å². The van der Waals surface area contributed by atoms with E-state index in [1.54, 1.807) is 30.0 Å². The summed E-state index contributed by atoms with van der Waals surface area (Å²) in [7, 11) is 0. The van der Waals surface area contributed by atoms with E-state index in [9.17, 15) is 9.90 Å². The molecule has 0 saturated carbocycles. The number of hydrogen-bond acceptors (Lipinski definition) is 2. The van der Waals surface area contributed by atoms with E-state index in [1.807, 2.05) is 18.2 Å². The van der Waals surface area contributed by atoms with Crippen LogP contribution in [0.1, 0.15) is 18.9 Å². The Morgan fingerprint density at radius 1 is 1.58 bits per heavy atom. The van der Waals surface area contributed by atoms with E-state index in [1.165, 1.54) is 0 Å². The number of aliphatic hydroxyl groups excluding tert-OH is 1. The van der Waals surface area contributed by atoms with E-state index in [0.29, 0.717) is 18.1 Å². The maximum Gasteiger partial charge on any atom is 0.246 e.